The van der Waals surface area contributed by atoms with E-state index >= 15 is 0 Å². The molecule has 0 radical (unpaired) electrons. The Morgan fingerprint density at radius 3 is 1.93 bits per heavy atom. The predicted molar refractivity (Wildman–Crippen MR) is 58.8 cm³/mol. The van der Waals surface area contributed by atoms with Gasteiger partial charge in [0.05, 0.1) is 5.92 Å². The van der Waals surface area contributed by atoms with E-state index in [9.17, 15) is 9.59 Å². The number of halogens is 1. The van der Waals surface area contributed by atoms with E-state index in [2.05, 4.69) is 13.2 Å². The Morgan fingerprint density at radius 2 is 1.73 bits per heavy atom. The molecule has 0 saturated heterocycles. The van der Waals surface area contributed by atoms with Gasteiger partial charge in [0, 0.05) is 5.57 Å². The number of aliphatic carboxylic acids is 2. The molecule has 0 saturated carbocycles. The van der Waals surface area contributed by atoms with Gasteiger partial charge < -0.3 is 10.2 Å². The van der Waals surface area contributed by atoms with Gasteiger partial charge in [-0.25, -0.2) is 4.79 Å². The van der Waals surface area contributed by atoms with Crippen LogP contribution in [0, 0.1) is 5.92 Å². The van der Waals surface area contributed by atoms with Crippen LogP contribution in [0.15, 0.2) is 36.4 Å². The van der Waals surface area contributed by atoms with Crippen molar-refractivity contribution in [2.75, 3.05) is 0 Å². The van der Waals surface area contributed by atoms with Crippen LogP contribution in [0.5, 0.6) is 0 Å². The Kier molecular flexibility index (Phi) is 9.57. The molecule has 2 N–H and O–H groups in total. The van der Waals surface area contributed by atoms with Crippen molar-refractivity contribution in [2.24, 2.45) is 5.92 Å². The summed E-state index contributed by atoms with van der Waals surface area (Å²) in [6.07, 6.45) is 2.31. The Morgan fingerprint density at radius 1 is 1.33 bits per heavy atom. The minimum Gasteiger partial charge on any atom is -0.481 e. The van der Waals surface area contributed by atoms with Crippen LogP contribution in [0.3, 0.4) is 0 Å². The van der Waals surface area contributed by atoms with E-state index in [1.54, 1.807) is 0 Å². The van der Waals surface area contributed by atoms with Crippen LogP contribution in [0.2, 0.25) is 0 Å². The van der Waals surface area contributed by atoms with Gasteiger partial charge in [-0.2, -0.15) is 0 Å². The zero-order chi connectivity index (χ0) is 12.4. The van der Waals surface area contributed by atoms with Gasteiger partial charge in [-0.1, -0.05) is 30.3 Å². The topological polar surface area (TPSA) is 74.6 Å². The summed E-state index contributed by atoms with van der Waals surface area (Å²) in [6, 6.07) is 0. The first-order chi connectivity index (χ1) is 6.90. The van der Waals surface area contributed by atoms with Crippen LogP contribution in [-0.4, -0.2) is 22.2 Å². The maximum atomic E-state index is 10.4. The number of hydrogen-bond acceptors (Lipinski definition) is 2. The molecule has 0 heterocycles. The summed E-state index contributed by atoms with van der Waals surface area (Å²) in [5, 5.41) is 16.9. The lowest BCUT2D eigenvalue weighted by molar-refractivity contribution is -0.138. The molecule has 0 aliphatic carbocycles. The van der Waals surface area contributed by atoms with E-state index in [1.807, 2.05) is 0 Å². The number of carboxylic acid groups (broad SMARTS) is 2. The number of carbonyl (C=O) groups is 2. The van der Waals surface area contributed by atoms with E-state index in [0.717, 1.165) is 6.08 Å². The van der Waals surface area contributed by atoms with Gasteiger partial charge in [-0.3, -0.25) is 4.79 Å². The van der Waals surface area contributed by atoms with Crippen molar-refractivity contribution in [3.8, 4) is 0 Å². The van der Waals surface area contributed by atoms with E-state index in [-0.39, 0.29) is 5.57 Å². The fourth-order valence-electron chi connectivity index (χ4n) is 0.581. The molecule has 0 spiro atoms. The molecule has 0 aromatic rings. The number of carboxylic acids is 2. The second-order valence-electron chi connectivity index (χ2n) is 2.41. The lowest BCUT2D eigenvalue weighted by atomic mass is 10.1. The molecule has 1 atom stereocenters. The summed E-state index contributed by atoms with van der Waals surface area (Å²) in [6.45, 7) is 7.74. The molecule has 0 aliphatic rings. The van der Waals surface area contributed by atoms with Crippen molar-refractivity contribution in [1.29, 1.82) is 0 Å². The summed E-state index contributed by atoms with van der Waals surface area (Å²) in [5.74, 6) is -3.16. The highest BCUT2D eigenvalue weighted by atomic mass is 35.5. The standard InChI is InChI=1S/C8H10O4.C2H3Cl/c1-3-6(8(11)12)4-5(2)7(9)10;1-2-3/h3-4,6H,1H2,2H3,(H,9,10)(H,11,12);2H,1H2. The van der Waals surface area contributed by atoms with Crippen molar-refractivity contribution < 1.29 is 19.8 Å². The maximum Gasteiger partial charge on any atom is 0.330 e. The molecule has 0 aromatic carbocycles. The largest absolute Gasteiger partial charge is 0.481 e. The van der Waals surface area contributed by atoms with Gasteiger partial charge >= 0.3 is 11.9 Å². The molecule has 84 valence electrons. The summed E-state index contributed by atoms with van der Waals surface area (Å²) in [5.41, 5.74) is 1.22. The molecule has 1 unspecified atom stereocenters. The lowest BCUT2D eigenvalue weighted by Gasteiger charge is -2.00. The van der Waals surface area contributed by atoms with E-state index in [4.69, 9.17) is 21.8 Å². The maximum absolute atomic E-state index is 10.4. The molecule has 15 heavy (non-hydrogen) atoms. The molecule has 0 aliphatic heterocycles. The number of rotatable bonds is 4. The Labute approximate surface area is 93.2 Å². The minimum atomic E-state index is -1.12. The average Bonchev–Trinajstić information content (AvgIpc) is 2.14. The number of hydrogen-bond donors (Lipinski definition) is 2. The molecular formula is C10H13ClO4. The summed E-state index contributed by atoms with van der Waals surface area (Å²) < 4.78 is 0. The van der Waals surface area contributed by atoms with Crippen molar-refractivity contribution in [2.45, 2.75) is 6.92 Å². The van der Waals surface area contributed by atoms with Gasteiger partial charge in [-0.15, -0.1) is 6.58 Å². The zero-order valence-corrected chi connectivity index (χ0v) is 9.07. The second-order valence-corrected chi connectivity index (χ2v) is 2.72. The highest BCUT2D eigenvalue weighted by Gasteiger charge is 2.11. The van der Waals surface area contributed by atoms with Crippen LogP contribution in [0.1, 0.15) is 6.92 Å². The third-order valence-electron chi connectivity index (χ3n) is 1.31. The van der Waals surface area contributed by atoms with Crippen LogP contribution in [0.4, 0.5) is 0 Å². The van der Waals surface area contributed by atoms with Crippen molar-refractivity contribution in [1.82, 2.24) is 0 Å². The highest BCUT2D eigenvalue weighted by molar-refractivity contribution is 6.25. The van der Waals surface area contributed by atoms with Gasteiger partial charge in [0.25, 0.3) is 0 Å². The molecular weight excluding hydrogens is 220 g/mol. The van der Waals surface area contributed by atoms with Crippen LogP contribution >= 0.6 is 11.6 Å². The van der Waals surface area contributed by atoms with Gasteiger partial charge in [0.2, 0.25) is 0 Å². The second kappa shape index (κ2) is 9.02. The molecule has 0 rings (SSSR count). The fourth-order valence-corrected chi connectivity index (χ4v) is 0.581. The molecule has 0 bridgehead atoms. The van der Waals surface area contributed by atoms with Crippen LogP contribution in [0.25, 0.3) is 0 Å². The lowest BCUT2D eigenvalue weighted by Crippen LogP contribution is -2.10. The monoisotopic (exact) mass is 232 g/mol. The van der Waals surface area contributed by atoms with Crippen molar-refractivity contribution in [3.63, 3.8) is 0 Å². The summed E-state index contributed by atoms with van der Waals surface area (Å²) >= 11 is 4.76. The third-order valence-corrected chi connectivity index (χ3v) is 1.31. The molecule has 0 amide bonds. The van der Waals surface area contributed by atoms with Crippen molar-refractivity contribution >= 4 is 23.5 Å². The fraction of sp³-hybridized carbons (Fsp3) is 0.200. The SMILES string of the molecule is C=CC(C=C(C)C(=O)O)C(=O)O.C=CCl. The Bertz CT molecular complexity index is 281. The molecule has 4 nitrogen and oxygen atoms in total. The normalized spacial score (nSPS) is 11.7. The zero-order valence-electron chi connectivity index (χ0n) is 8.31. The summed E-state index contributed by atoms with van der Waals surface area (Å²) in [7, 11) is 0. The predicted octanol–water partition coefficient (Wildman–Crippen LogP) is 2.27. The van der Waals surface area contributed by atoms with Gasteiger partial charge in [0.15, 0.2) is 0 Å². The Hall–Kier alpha value is -1.55. The van der Waals surface area contributed by atoms with E-state index < -0.39 is 17.9 Å². The first kappa shape index (κ1) is 15.9. The van der Waals surface area contributed by atoms with Crippen LogP contribution < -0.4 is 0 Å². The molecule has 0 fully saturated rings. The average molecular weight is 233 g/mol. The minimum absolute atomic E-state index is 0.00213. The van der Waals surface area contributed by atoms with Gasteiger partial charge in [0.1, 0.15) is 0 Å². The Balaban J connectivity index is 0. The summed E-state index contributed by atoms with van der Waals surface area (Å²) in [4.78, 5) is 20.7. The van der Waals surface area contributed by atoms with E-state index in [0.29, 0.717) is 0 Å². The quantitative estimate of drug-likeness (QED) is 0.576. The van der Waals surface area contributed by atoms with E-state index in [1.165, 1.54) is 18.5 Å². The van der Waals surface area contributed by atoms with Gasteiger partial charge in [-0.05, 0) is 12.5 Å². The first-order valence-electron chi connectivity index (χ1n) is 3.88. The van der Waals surface area contributed by atoms with Crippen molar-refractivity contribution in [3.05, 3.63) is 36.4 Å². The first-order valence-corrected chi connectivity index (χ1v) is 4.32. The van der Waals surface area contributed by atoms with Crippen LogP contribution in [-0.2, 0) is 9.59 Å². The smallest absolute Gasteiger partial charge is 0.330 e. The molecule has 0 aromatic heterocycles. The third kappa shape index (κ3) is 8.77. The highest BCUT2D eigenvalue weighted by Crippen LogP contribution is 2.05. The molecule has 5 heteroatoms.